The van der Waals surface area contributed by atoms with Gasteiger partial charge in [-0.2, -0.15) is 0 Å². The number of carbonyl (C=O) groups excluding carboxylic acids is 1. The number of likely N-dealkylation sites (tertiary alicyclic amines) is 1. The highest BCUT2D eigenvalue weighted by Crippen LogP contribution is 2.16. The zero-order chi connectivity index (χ0) is 11.8. The van der Waals surface area contributed by atoms with Crippen LogP contribution in [-0.2, 0) is 4.79 Å². The Labute approximate surface area is 98.6 Å². The van der Waals surface area contributed by atoms with Gasteiger partial charge in [0.2, 0.25) is 5.91 Å². The van der Waals surface area contributed by atoms with Crippen molar-refractivity contribution in [3.63, 3.8) is 0 Å². The summed E-state index contributed by atoms with van der Waals surface area (Å²) in [6.45, 7) is 5.34. The molecule has 1 fully saturated rings. The fourth-order valence-corrected chi connectivity index (χ4v) is 2.33. The Morgan fingerprint density at radius 1 is 1.44 bits per heavy atom. The molecule has 1 rings (SSSR count). The molecule has 1 amide bonds. The van der Waals surface area contributed by atoms with Gasteiger partial charge in [0.25, 0.3) is 0 Å². The number of nitrogens with zero attached hydrogens (tertiary/aromatic N) is 1. The Morgan fingerprint density at radius 2 is 2.25 bits per heavy atom. The molecule has 1 aliphatic rings. The molecule has 0 aromatic rings. The summed E-state index contributed by atoms with van der Waals surface area (Å²) in [5, 5.41) is 2.84. The van der Waals surface area contributed by atoms with Crippen LogP contribution < -0.4 is 11.1 Å². The number of carbonyl (C=O) groups is 1. The smallest absolute Gasteiger partial charge is 0.221 e. The molecular weight excluding hydrogens is 202 g/mol. The van der Waals surface area contributed by atoms with Crippen molar-refractivity contribution in [1.82, 2.24) is 10.2 Å². The van der Waals surface area contributed by atoms with Crippen molar-refractivity contribution < 1.29 is 4.79 Å². The number of hydrogen-bond donors (Lipinski definition) is 2. The minimum atomic E-state index is 0.155. The maximum Gasteiger partial charge on any atom is 0.221 e. The van der Waals surface area contributed by atoms with E-state index in [0.717, 1.165) is 26.2 Å². The standard InChI is InChI=1S/C12H25N3O/c1-2-14-12(16)7-9-15-8-5-3-4-6-11(15)10-13/h11H,2-10,13H2,1H3,(H,14,16). The van der Waals surface area contributed by atoms with E-state index in [2.05, 4.69) is 10.2 Å². The third-order valence-corrected chi connectivity index (χ3v) is 3.27. The van der Waals surface area contributed by atoms with Crippen LogP contribution in [0.25, 0.3) is 0 Å². The first kappa shape index (κ1) is 13.5. The monoisotopic (exact) mass is 227 g/mol. The summed E-state index contributed by atoms with van der Waals surface area (Å²) in [5.41, 5.74) is 5.79. The van der Waals surface area contributed by atoms with Gasteiger partial charge < -0.3 is 11.1 Å². The Bertz CT molecular complexity index is 208. The summed E-state index contributed by atoms with van der Waals surface area (Å²) in [7, 11) is 0. The average molecular weight is 227 g/mol. The predicted octanol–water partition coefficient (Wildman–Crippen LogP) is 0.716. The molecule has 1 aliphatic heterocycles. The first-order valence-corrected chi connectivity index (χ1v) is 6.48. The fourth-order valence-electron chi connectivity index (χ4n) is 2.33. The van der Waals surface area contributed by atoms with Gasteiger partial charge in [0.05, 0.1) is 0 Å². The van der Waals surface area contributed by atoms with Gasteiger partial charge in [-0.05, 0) is 26.3 Å². The second kappa shape index (κ2) is 7.63. The van der Waals surface area contributed by atoms with E-state index in [1.807, 2.05) is 6.92 Å². The molecule has 4 heteroatoms. The quantitative estimate of drug-likeness (QED) is 0.727. The van der Waals surface area contributed by atoms with Crippen LogP contribution in [0.4, 0.5) is 0 Å². The molecule has 1 unspecified atom stereocenters. The van der Waals surface area contributed by atoms with Crippen molar-refractivity contribution in [3.8, 4) is 0 Å². The molecular formula is C12H25N3O. The fraction of sp³-hybridized carbons (Fsp3) is 0.917. The molecule has 94 valence electrons. The summed E-state index contributed by atoms with van der Waals surface area (Å²) in [5.74, 6) is 0.155. The van der Waals surface area contributed by atoms with Gasteiger partial charge in [-0.1, -0.05) is 12.8 Å². The van der Waals surface area contributed by atoms with Gasteiger partial charge in [0.15, 0.2) is 0 Å². The summed E-state index contributed by atoms with van der Waals surface area (Å²) in [4.78, 5) is 13.8. The van der Waals surface area contributed by atoms with E-state index in [0.29, 0.717) is 12.5 Å². The second-order valence-corrected chi connectivity index (χ2v) is 4.48. The molecule has 0 aromatic heterocycles. The van der Waals surface area contributed by atoms with E-state index in [4.69, 9.17) is 5.73 Å². The van der Waals surface area contributed by atoms with Gasteiger partial charge >= 0.3 is 0 Å². The third kappa shape index (κ3) is 4.49. The number of rotatable bonds is 5. The zero-order valence-corrected chi connectivity index (χ0v) is 10.4. The van der Waals surface area contributed by atoms with Crippen molar-refractivity contribution in [2.75, 3.05) is 26.2 Å². The van der Waals surface area contributed by atoms with Gasteiger partial charge in [-0.3, -0.25) is 9.69 Å². The topological polar surface area (TPSA) is 58.4 Å². The molecule has 0 aromatic carbocycles. The highest BCUT2D eigenvalue weighted by molar-refractivity contribution is 5.75. The van der Waals surface area contributed by atoms with E-state index in [-0.39, 0.29) is 5.91 Å². The number of nitrogens with two attached hydrogens (primary N) is 1. The van der Waals surface area contributed by atoms with Crippen LogP contribution in [0.15, 0.2) is 0 Å². The van der Waals surface area contributed by atoms with E-state index < -0.39 is 0 Å². The molecule has 0 radical (unpaired) electrons. The van der Waals surface area contributed by atoms with Gasteiger partial charge in [-0.15, -0.1) is 0 Å². The zero-order valence-electron chi connectivity index (χ0n) is 10.4. The van der Waals surface area contributed by atoms with Gasteiger partial charge in [-0.25, -0.2) is 0 Å². The molecule has 0 aliphatic carbocycles. The highest BCUT2D eigenvalue weighted by Gasteiger charge is 2.19. The van der Waals surface area contributed by atoms with Crippen LogP contribution in [0, 0.1) is 0 Å². The summed E-state index contributed by atoms with van der Waals surface area (Å²) in [6, 6.07) is 0.483. The average Bonchev–Trinajstić information content (AvgIpc) is 2.51. The first-order valence-electron chi connectivity index (χ1n) is 6.48. The molecule has 0 saturated carbocycles. The van der Waals surface area contributed by atoms with E-state index in [1.54, 1.807) is 0 Å². The SMILES string of the molecule is CCNC(=O)CCN1CCCCCC1CN. The van der Waals surface area contributed by atoms with Crippen molar-refractivity contribution in [3.05, 3.63) is 0 Å². The molecule has 4 nitrogen and oxygen atoms in total. The maximum atomic E-state index is 11.4. The van der Waals surface area contributed by atoms with Crippen LogP contribution in [0.5, 0.6) is 0 Å². The van der Waals surface area contributed by atoms with Gasteiger partial charge in [0, 0.05) is 32.1 Å². The van der Waals surface area contributed by atoms with Crippen LogP contribution in [-0.4, -0.2) is 43.0 Å². The van der Waals surface area contributed by atoms with Crippen molar-refractivity contribution in [2.24, 2.45) is 5.73 Å². The van der Waals surface area contributed by atoms with E-state index in [1.165, 1.54) is 25.7 Å². The Kier molecular flexibility index (Phi) is 6.42. The lowest BCUT2D eigenvalue weighted by molar-refractivity contribution is -0.121. The minimum absolute atomic E-state index is 0.155. The number of hydrogen-bond acceptors (Lipinski definition) is 3. The Hall–Kier alpha value is -0.610. The Balaban J connectivity index is 2.33. The lowest BCUT2D eigenvalue weighted by Gasteiger charge is -2.28. The lowest BCUT2D eigenvalue weighted by atomic mass is 10.1. The van der Waals surface area contributed by atoms with Crippen molar-refractivity contribution >= 4 is 5.91 Å². The lowest BCUT2D eigenvalue weighted by Crippen LogP contribution is -2.42. The van der Waals surface area contributed by atoms with Crippen molar-refractivity contribution in [2.45, 2.75) is 45.1 Å². The Morgan fingerprint density at radius 3 is 2.94 bits per heavy atom. The van der Waals surface area contributed by atoms with Crippen LogP contribution in [0.3, 0.4) is 0 Å². The van der Waals surface area contributed by atoms with Crippen LogP contribution >= 0.6 is 0 Å². The minimum Gasteiger partial charge on any atom is -0.356 e. The van der Waals surface area contributed by atoms with E-state index >= 15 is 0 Å². The van der Waals surface area contributed by atoms with Crippen molar-refractivity contribution in [1.29, 1.82) is 0 Å². The summed E-state index contributed by atoms with van der Waals surface area (Å²) in [6.07, 6.45) is 5.61. The maximum absolute atomic E-state index is 11.4. The second-order valence-electron chi connectivity index (χ2n) is 4.48. The van der Waals surface area contributed by atoms with Crippen LogP contribution in [0.2, 0.25) is 0 Å². The third-order valence-electron chi connectivity index (χ3n) is 3.27. The number of amides is 1. The molecule has 16 heavy (non-hydrogen) atoms. The van der Waals surface area contributed by atoms with Crippen LogP contribution in [0.1, 0.15) is 39.0 Å². The number of nitrogens with one attached hydrogen (secondary N) is 1. The summed E-state index contributed by atoms with van der Waals surface area (Å²) < 4.78 is 0. The van der Waals surface area contributed by atoms with Gasteiger partial charge in [0.1, 0.15) is 0 Å². The molecule has 1 atom stereocenters. The predicted molar refractivity (Wildman–Crippen MR) is 66.2 cm³/mol. The molecule has 1 heterocycles. The molecule has 3 N–H and O–H groups in total. The van der Waals surface area contributed by atoms with E-state index in [9.17, 15) is 4.79 Å². The normalized spacial score (nSPS) is 22.8. The molecule has 0 bridgehead atoms. The molecule has 0 spiro atoms. The summed E-state index contributed by atoms with van der Waals surface area (Å²) >= 11 is 0. The largest absolute Gasteiger partial charge is 0.356 e. The highest BCUT2D eigenvalue weighted by atomic mass is 16.1. The first-order chi connectivity index (χ1) is 7.77. The molecule has 1 saturated heterocycles.